The molecule has 1 aliphatic carbocycles. The maximum Gasteiger partial charge on any atom is 0.220 e. The first kappa shape index (κ1) is 15.5. The summed E-state index contributed by atoms with van der Waals surface area (Å²) in [6.07, 6.45) is 6.63. The van der Waals surface area contributed by atoms with Crippen LogP contribution in [0.15, 0.2) is 18.2 Å². The Hall–Kier alpha value is -1.42. The number of rotatable bonds is 7. The van der Waals surface area contributed by atoms with Gasteiger partial charge < -0.3 is 10.2 Å². The van der Waals surface area contributed by atoms with E-state index in [9.17, 15) is 4.79 Å². The van der Waals surface area contributed by atoms with E-state index in [2.05, 4.69) is 15.2 Å². The second kappa shape index (κ2) is 7.23. The lowest BCUT2D eigenvalue weighted by atomic mass is 10.1. The normalized spacial score (nSPS) is 20.0. The quantitative estimate of drug-likeness (QED) is 0.842. The molecule has 1 N–H and O–H groups in total. The van der Waals surface area contributed by atoms with Crippen LogP contribution in [0.2, 0.25) is 0 Å². The molecule has 3 rings (SSSR count). The molecule has 22 heavy (non-hydrogen) atoms. The molecule has 1 atom stereocenters. The molecular weight excluding hydrogens is 274 g/mol. The molecule has 2 aliphatic rings. The van der Waals surface area contributed by atoms with Gasteiger partial charge in [-0.15, -0.1) is 0 Å². The highest BCUT2D eigenvalue weighted by Gasteiger charge is 2.34. The van der Waals surface area contributed by atoms with Gasteiger partial charge in [0.25, 0.3) is 0 Å². The fraction of sp³-hybridized carbons (Fsp3) is 0.667. The van der Waals surface area contributed by atoms with Crippen molar-refractivity contribution < 1.29 is 4.79 Å². The van der Waals surface area contributed by atoms with Crippen molar-refractivity contribution in [3.8, 4) is 0 Å². The lowest BCUT2D eigenvalue weighted by Crippen LogP contribution is -2.31. The maximum absolute atomic E-state index is 12.3. The van der Waals surface area contributed by atoms with Gasteiger partial charge in [-0.05, 0) is 76.7 Å². The van der Waals surface area contributed by atoms with E-state index >= 15 is 0 Å². The number of aromatic nitrogens is 1. The van der Waals surface area contributed by atoms with E-state index in [0.717, 1.165) is 24.4 Å². The van der Waals surface area contributed by atoms with Gasteiger partial charge >= 0.3 is 0 Å². The Morgan fingerprint density at radius 2 is 2.14 bits per heavy atom. The number of nitrogens with zero attached hydrogens (tertiary/aromatic N) is 2. The average Bonchev–Trinajstić information content (AvgIpc) is 3.21. The predicted octanol–water partition coefficient (Wildman–Crippen LogP) is 2.83. The first-order chi connectivity index (χ1) is 10.7. The van der Waals surface area contributed by atoms with Crippen molar-refractivity contribution in [2.45, 2.75) is 51.5 Å². The van der Waals surface area contributed by atoms with Gasteiger partial charge in [0.15, 0.2) is 0 Å². The highest BCUT2D eigenvalue weighted by atomic mass is 16.1. The van der Waals surface area contributed by atoms with Crippen LogP contribution < -0.4 is 5.32 Å². The minimum absolute atomic E-state index is 0.110. The van der Waals surface area contributed by atoms with Crippen LogP contribution in [0, 0.1) is 12.8 Å². The summed E-state index contributed by atoms with van der Waals surface area (Å²) in [5, 5.41) is 3.23. The van der Waals surface area contributed by atoms with E-state index in [-0.39, 0.29) is 11.9 Å². The highest BCUT2D eigenvalue weighted by Crippen LogP contribution is 2.40. The standard InChI is InChI=1S/C18H27N3O/c1-14-6-4-7-16(19-14)18(15-9-10-15)20-17(22)8-5-13-21-11-2-3-12-21/h4,6-7,15,18H,2-3,5,8-13H2,1H3,(H,20,22)/t18-/m0/s1. The lowest BCUT2D eigenvalue weighted by Gasteiger charge is -2.19. The van der Waals surface area contributed by atoms with Crippen molar-refractivity contribution >= 4 is 5.91 Å². The number of amides is 1. The van der Waals surface area contributed by atoms with Crippen LogP contribution in [0.25, 0.3) is 0 Å². The van der Waals surface area contributed by atoms with Crippen molar-refractivity contribution in [1.29, 1.82) is 0 Å². The summed E-state index contributed by atoms with van der Waals surface area (Å²) >= 11 is 0. The smallest absolute Gasteiger partial charge is 0.220 e. The molecule has 1 saturated heterocycles. The fourth-order valence-corrected chi connectivity index (χ4v) is 3.32. The first-order valence-corrected chi connectivity index (χ1v) is 8.67. The number of carbonyl (C=O) groups is 1. The summed E-state index contributed by atoms with van der Waals surface area (Å²) in [6.45, 7) is 5.48. The van der Waals surface area contributed by atoms with Crippen LogP contribution in [0.3, 0.4) is 0 Å². The number of likely N-dealkylation sites (tertiary alicyclic amines) is 1. The summed E-state index contributed by atoms with van der Waals surface area (Å²) in [5.41, 5.74) is 2.04. The van der Waals surface area contributed by atoms with Gasteiger partial charge in [0.2, 0.25) is 5.91 Å². The van der Waals surface area contributed by atoms with Crippen molar-refractivity contribution in [2.75, 3.05) is 19.6 Å². The number of nitrogens with one attached hydrogen (secondary N) is 1. The van der Waals surface area contributed by atoms with E-state index in [1.165, 1.54) is 38.8 Å². The molecule has 1 saturated carbocycles. The van der Waals surface area contributed by atoms with Crippen LogP contribution >= 0.6 is 0 Å². The fourth-order valence-electron chi connectivity index (χ4n) is 3.32. The van der Waals surface area contributed by atoms with Crippen molar-refractivity contribution in [3.05, 3.63) is 29.6 Å². The molecule has 0 aromatic carbocycles. The summed E-state index contributed by atoms with van der Waals surface area (Å²) in [5.74, 6) is 0.760. The van der Waals surface area contributed by atoms with Gasteiger partial charge in [-0.25, -0.2) is 0 Å². The monoisotopic (exact) mass is 301 g/mol. The minimum atomic E-state index is 0.110. The van der Waals surface area contributed by atoms with Crippen molar-refractivity contribution in [1.82, 2.24) is 15.2 Å². The van der Waals surface area contributed by atoms with E-state index in [0.29, 0.717) is 12.3 Å². The molecule has 1 aliphatic heterocycles. The van der Waals surface area contributed by atoms with Crippen LogP contribution in [0.1, 0.15) is 56.0 Å². The molecule has 1 amide bonds. The molecule has 2 fully saturated rings. The summed E-state index contributed by atoms with van der Waals surface area (Å²) < 4.78 is 0. The summed E-state index contributed by atoms with van der Waals surface area (Å²) in [4.78, 5) is 19.3. The van der Waals surface area contributed by atoms with Gasteiger partial charge in [-0.3, -0.25) is 9.78 Å². The molecule has 1 aromatic heterocycles. The lowest BCUT2D eigenvalue weighted by molar-refractivity contribution is -0.122. The number of hydrogen-bond donors (Lipinski definition) is 1. The topological polar surface area (TPSA) is 45.2 Å². The maximum atomic E-state index is 12.3. The molecule has 120 valence electrons. The van der Waals surface area contributed by atoms with Gasteiger partial charge in [0, 0.05) is 12.1 Å². The van der Waals surface area contributed by atoms with Gasteiger partial charge in [0.05, 0.1) is 11.7 Å². The molecule has 0 bridgehead atoms. The number of carbonyl (C=O) groups excluding carboxylic acids is 1. The molecule has 1 aromatic rings. The molecule has 0 radical (unpaired) electrons. The first-order valence-electron chi connectivity index (χ1n) is 8.67. The molecular formula is C18H27N3O. The Bertz CT molecular complexity index is 507. The third-order valence-electron chi connectivity index (χ3n) is 4.72. The SMILES string of the molecule is Cc1cccc([C@@H](NC(=O)CCCN2CCCC2)C2CC2)n1. The van der Waals surface area contributed by atoms with Gasteiger partial charge in [-0.2, -0.15) is 0 Å². The van der Waals surface area contributed by atoms with Crippen LogP contribution in [0.5, 0.6) is 0 Å². The van der Waals surface area contributed by atoms with Crippen molar-refractivity contribution in [3.63, 3.8) is 0 Å². The van der Waals surface area contributed by atoms with E-state index < -0.39 is 0 Å². The summed E-state index contributed by atoms with van der Waals surface area (Å²) in [7, 11) is 0. The van der Waals surface area contributed by atoms with Gasteiger partial charge in [-0.1, -0.05) is 6.07 Å². The Kier molecular flexibility index (Phi) is 5.08. The van der Waals surface area contributed by atoms with Gasteiger partial charge in [0.1, 0.15) is 0 Å². The predicted molar refractivity (Wildman–Crippen MR) is 87.5 cm³/mol. The molecule has 0 spiro atoms. The summed E-state index contributed by atoms with van der Waals surface area (Å²) in [6, 6.07) is 6.19. The zero-order chi connectivity index (χ0) is 15.4. The molecule has 0 unspecified atom stereocenters. The Balaban J connectivity index is 1.49. The average molecular weight is 301 g/mol. The van der Waals surface area contributed by atoms with Crippen LogP contribution in [-0.2, 0) is 4.79 Å². The second-order valence-electron chi connectivity index (χ2n) is 6.74. The highest BCUT2D eigenvalue weighted by molar-refractivity contribution is 5.76. The molecule has 4 heteroatoms. The Labute approximate surface area is 133 Å². The third kappa shape index (κ3) is 4.29. The van der Waals surface area contributed by atoms with E-state index in [1.807, 2.05) is 25.1 Å². The minimum Gasteiger partial charge on any atom is -0.347 e. The Morgan fingerprint density at radius 3 is 2.82 bits per heavy atom. The molecule has 4 nitrogen and oxygen atoms in total. The van der Waals surface area contributed by atoms with Crippen LogP contribution in [-0.4, -0.2) is 35.4 Å². The second-order valence-corrected chi connectivity index (χ2v) is 6.74. The van der Waals surface area contributed by atoms with Crippen LogP contribution in [0.4, 0.5) is 0 Å². The number of pyridine rings is 1. The van der Waals surface area contributed by atoms with Crippen molar-refractivity contribution in [2.24, 2.45) is 5.92 Å². The largest absolute Gasteiger partial charge is 0.347 e. The zero-order valence-corrected chi connectivity index (χ0v) is 13.6. The molecule has 2 heterocycles. The number of aryl methyl sites for hydroxylation is 1. The zero-order valence-electron chi connectivity index (χ0n) is 13.6. The third-order valence-corrected chi connectivity index (χ3v) is 4.72. The van der Waals surface area contributed by atoms with E-state index in [4.69, 9.17) is 0 Å². The Morgan fingerprint density at radius 1 is 1.36 bits per heavy atom. The number of hydrogen-bond acceptors (Lipinski definition) is 3. The van der Waals surface area contributed by atoms with E-state index in [1.54, 1.807) is 0 Å².